The Balaban J connectivity index is 0.00000180. The molecule has 0 radical (unpaired) electrons. The number of nitrogens with zero attached hydrogens (tertiary/aromatic N) is 1. The zero-order valence-corrected chi connectivity index (χ0v) is 12.2. The number of ether oxygens (including phenoxy) is 1. The standard InChI is InChI=1S/C13H22N2O3.ClH/c1-18-13(17)11-4-8-15(9-5-11)12(16)10-2-6-14-7-3-10;/h10-11,14H,2-9H2,1H3;1H. The van der Waals surface area contributed by atoms with E-state index in [2.05, 4.69) is 5.32 Å². The predicted molar refractivity (Wildman–Crippen MR) is 74.2 cm³/mol. The maximum atomic E-state index is 12.3. The Hall–Kier alpha value is -0.810. The fourth-order valence-corrected chi connectivity index (χ4v) is 2.83. The lowest BCUT2D eigenvalue weighted by Gasteiger charge is -2.34. The molecule has 0 bridgehead atoms. The number of piperidine rings is 2. The van der Waals surface area contributed by atoms with Gasteiger partial charge in [-0.15, -0.1) is 12.4 Å². The zero-order valence-electron chi connectivity index (χ0n) is 11.4. The van der Waals surface area contributed by atoms with E-state index in [1.807, 2.05) is 4.90 Å². The summed E-state index contributed by atoms with van der Waals surface area (Å²) in [6.07, 6.45) is 3.36. The fourth-order valence-electron chi connectivity index (χ4n) is 2.83. The highest BCUT2D eigenvalue weighted by molar-refractivity contribution is 5.85. The van der Waals surface area contributed by atoms with Gasteiger partial charge in [-0.1, -0.05) is 0 Å². The van der Waals surface area contributed by atoms with Gasteiger partial charge in [0.2, 0.25) is 5.91 Å². The van der Waals surface area contributed by atoms with E-state index in [0.717, 1.165) is 38.8 Å². The number of carbonyl (C=O) groups is 2. The number of halogens is 1. The Labute approximate surface area is 120 Å². The summed E-state index contributed by atoms with van der Waals surface area (Å²) >= 11 is 0. The number of nitrogens with one attached hydrogen (secondary N) is 1. The van der Waals surface area contributed by atoms with Crippen molar-refractivity contribution in [2.24, 2.45) is 11.8 Å². The van der Waals surface area contributed by atoms with E-state index in [4.69, 9.17) is 4.74 Å². The molecule has 2 saturated heterocycles. The van der Waals surface area contributed by atoms with Gasteiger partial charge in [0.15, 0.2) is 0 Å². The summed E-state index contributed by atoms with van der Waals surface area (Å²) in [5, 5.41) is 3.27. The molecule has 2 aliphatic rings. The van der Waals surface area contributed by atoms with Gasteiger partial charge in [-0.05, 0) is 38.8 Å². The van der Waals surface area contributed by atoms with Crippen LogP contribution in [0.25, 0.3) is 0 Å². The molecule has 6 heteroatoms. The van der Waals surface area contributed by atoms with E-state index >= 15 is 0 Å². The van der Waals surface area contributed by atoms with Crippen molar-refractivity contribution in [2.45, 2.75) is 25.7 Å². The number of amides is 1. The number of likely N-dealkylation sites (tertiary alicyclic amines) is 1. The van der Waals surface area contributed by atoms with Crippen molar-refractivity contribution in [1.82, 2.24) is 10.2 Å². The fraction of sp³-hybridized carbons (Fsp3) is 0.846. The quantitative estimate of drug-likeness (QED) is 0.765. The lowest BCUT2D eigenvalue weighted by molar-refractivity contribution is -0.149. The van der Waals surface area contributed by atoms with Gasteiger partial charge in [0, 0.05) is 19.0 Å². The van der Waals surface area contributed by atoms with Crippen LogP contribution in [0, 0.1) is 11.8 Å². The van der Waals surface area contributed by atoms with E-state index in [0.29, 0.717) is 13.1 Å². The third-order valence-electron chi connectivity index (χ3n) is 4.03. The van der Waals surface area contributed by atoms with Crippen LogP contribution in [-0.4, -0.2) is 50.1 Å². The number of hydrogen-bond donors (Lipinski definition) is 1. The van der Waals surface area contributed by atoms with Crippen molar-refractivity contribution in [1.29, 1.82) is 0 Å². The molecule has 2 heterocycles. The molecular weight excluding hydrogens is 268 g/mol. The van der Waals surface area contributed by atoms with Crippen LogP contribution < -0.4 is 5.32 Å². The van der Waals surface area contributed by atoms with Gasteiger partial charge in [-0.25, -0.2) is 0 Å². The summed E-state index contributed by atoms with van der Waals surface area (Å²) in [6, 6.07) is 0. The van der Waals surface area contributed by atoms with Crippen molar-refractivity contribution in [2.75, 3.05) is 33.3 Å². The summed E-state index contributed by atoms with van der Waals surface area (Å²) in [5.41, 5.74) is 0. The van der Waals surface area contributed by atoms with Crippen molar-refractivity contribution >= 4 is 24.3 Å². The zero-order chi connectivity index (χ0) is 13.0. The second-order valence-electron chi connectivity index (χ2n) is 5.15. The molecule has 0 aliphatic carbocycles. The number of esters is 1. The smallest absolute Gasteiger partial charge is 0.308 e. The monoisotopic (exact) mass is 290 g/mol. The lowest BCUT2D eigenvalue weighted by atomic mass is 9.93. The van der Waals surface area contributed by atoms with Gasteiger partial charge in [-0.3, -0.25) is 9.59 Å². The van der Waals surface area contributed by atoms with Crippen LogP contribution in [0.3, 0.4) is 0 Å². The molecule has 2 rings (SSSR count). The average molecular weight is 291 g/mol. The first-order valence-corrected chi connectivity index (χ1v) is 6.79. The molecule has 0 atom stereocenters. The minimum atomic E-state index is -0.135. The van der Waals surface area contributed by atoms with Crippen LogP contribution >= 0.6 is 12.4 Å². The van der Waals surface area contributed by atoms with Crippen LogP contribution in [0.2, 0.25) is 0 Å². The molecule has 0 aromatic heterocycles. The van der Waals surface area contributed by atoms with Gasteiger partial charge in [-0.2, -0.15) is 0 Å². The van der Waals surface area contributed by atoms with E-state index in [1.54, 1.807) is 0 Å². The Morgan fingerprint density at radius 2 is 1.63 bits per heavy atom. The number of rotatable bonds is 2. The molecule has 19 heavy (non-hydrogen) atoms. The Morgan fingerprint density at radius 3 is 2.16 bits per heavy atom. The van der Waals surface area contributed by atoms with E-state index < -0.39 is 0 Å². The maximum Gasteiger partial charge on any atom is 0.308 e. The number of carbonyl (C=O) groups excluding carboxylic acids is 2. The summed E-state index contributed by atoms with van der Waals surface area (Å²) in [5.74, 6) is 0.303. The van der Waals surface area contributed by atoms with E-state index in [9.17, 15) is 9.59 Å². The summed E-state index contributed by atoms with van der Waals surface area (Å²) in [7, 11) is 1.43. The van der Waals surface area contributed by atoms with Crippen molar-refractivity contribution in [3.63, 3.8) is 0 Å². The number of hydrogen-bond acceptors (Lipinski definition) is 4. The number of methoxy groups -OCH3 is 1. The third-order valence-corrected chi connectivity index (χ3v) is 4.03. The van der Waals surface area contributed by atoms with Gasteiger partial charge >= 0.3 is 5.97 Å². The van der Waals surface area contributed by atoms with Crippen LogP contribution in [0.1, 0.15) is 25.7 Å². The highest BCUT2D eigenvalue weighted by Gasteiger charge is 2.31. The van der Waals surface area contributed by atoms with Crippen molar-refractivity contribution in [3.8, 4) is 0 Å². The van der Waals surface area contributed by atoms with Crippen molar-refractivity contribution < 1.29 is 14.3 Å². The molecular formula is C13H23ClN2O3. The minimum Gasteiger partial charge on any atom is -0.469 e. The van der Waals surface area contributed by atoms with Gasteiger partial charge in [0.05, 0.1) is 13.0 Å². The van der Waals surface area contributed by atoms with Crippen LogP contribution in [0.4, 0.5) is 0 Å². The van der Waals surface area contributed by atoms with Gasteiger partial charge in [0.1, 0.15) is 0 Å². The highest BCUT2D eigenvalue weighted by atomic mass is 35.5. The SMILES string of the molecule is COC(=O)C1CCN(C(=O)C2CCNCC2)CC1.Cl. The molecule has 1 amide bonds. The van der Waals surface area contributed by atoms with Gasteiger partial charge < -0.3 is 15.0 Å². The van der Waals surface area contributed by atoms with Crippen LogP contribution in [-0.2, 0) is 14.3 Å². The highest BCUT2D eigenvalue weighted by Crippen LogP contribution is 2.22. The third kappa shape index (κ3) is 4.08. The maximum absolute atomic E-state index is 12.3. The average Bonchev–Trinajstić information content (AvgIpc) is 2.47. The molecule has 110 valence electrons. The Kier molecular flexibility index (Phi) is 6.58. The summed E-state index contributed by atoms with van der Waals surface area (Å²) < 4.78 is 4.75. The second-order valence-corrected chi connectivity index (χ2v) is 5.15. The largest absolute Gasteiger partial charge is 0.469 e. The van der Waals surface area contributed by atoms with E-state index in [-0.39, 0.29) is 36.1 Å². The normalized spacial score (nSPS) is 21.6. The predicted octanol–water partition coefficient (Wildman–Crippen LogP) is 0.819. The van der Waals surface area contributed by atoms with Gasteiger partial charge in [0.25, 0.3) is 0 Å². The molecule has 5 nitrogen and oxygen atoms in total. The molecule has 0 aromatic carbocycles. The lowest BCUT2D eigenvalue weighted by Crippen LogP contribution is -2.45. The first-order valence-electron chi connectivity index (χ1n) is 6.79. The Morgan fingerprint density at radius 1 is 1.05 bits per heavy atom. The van der Waals surface area contributed by atoms with Crippen LogP contribution in [0.5, 0.6) is 0 Å². The second kappa shape index (κ2) is 7.70. The van der Waals surface area contributed by atoms with Crippen LogP contribution in [0.15, 0.2) is 0 Å². The molecule has 2 fully saturated rings. The first-order chi connectivity index (χ1) is 8.72. The molecule has 0 spiro atoms. The molecule has 2 aliphatic heterocycles. The van der Waals surface area contributed by atoms with E-state index in [1.165, 1.54) is 7.11 Å². The summed E-state index contributed by atoms with van der Waals surface area (Å²) in [4.78, 5) is 25.6. The van der Waals surface area contributed by atoms with Crippen molar-refractivity contribution in [3.05, 3.63) is 0 Å². The Bertz CT molecular complexity index is 311. The topological polar surface area (TPSA) is 58.6 Å². The first kappa shape index (κ1) is 16.2. The molecule has 0 saturated carbocycles. The molecule has 0 unspecified atom stereocenters. The molecule has 1 N–H and O–H groups in total. The minimum absolute atomic E-state index is 0. The molecule has 0 aromatic rings. The summed E-state index contributed by atoms with van der Waals surface area (Å²) in [6.45, 7) is 3.27.